The number of hydrogen-bond acceptors (Lipinski definition) is 7. The molecular weight excluding hydrogens is 643 g/mol. The van der Waals surface area contributed by atoms with E-state index in [0.717, 1.165) is 55.7 Å². The Morgan fingerprint density at radius 1 is 1.04 bits per heavy atom. The Morgan fingerprint density at radius 2 is 1.74 bits per heavy atom. The molecule has 3 aliphatic rings. The number of sulfonamides is 1. The molecule has 2 aromatic rings. The molecule has 0 unspecified atom stereocenters. The second-order valence-electron chi connectivity index (χ2n) is 14.1. The predicted molar refractivity (Wildman–Crippen MR) is 173 cm³/mol. The van der Waals surface area contributed by atoms with Crippen molar-refractivity contribution in [2.45, 2.75) is 82.9 Å². The van der Waals surface area contributed by atoms with E-state index in [1.807, 2.05) is 4.90 Å². The maximum absolute atomic E-state index is 14.0. The molecule has 8 nitrogen and oxygen atoms in total. The Balaban J connectivity index is 1.39. The Morgan fingerprint density at radius 3 is 2.35 bits per heavy atom. The molecule has 0 amide bonds. The molecule has 2 atom stereocenters. The van der Waals surface area contributed by atoms with Crippen LogP contribution in [-0.2, 0) is 35.7 Å². The van der Waals surface area contributed by atoms with Gasteiger partial charge in [0, 0.05) is 73.2 Å². The SMILES string of the molecule is CC(C)(C)C1CCN(C[C@H](O)Cn2nc(-c3ccc(C(F)(F)F)c(SCCN4CC[C@H](F)C4)c3)c3c2CCN(S(C)(=O)=O)C3)CC1. The van der Waals surface area contributed by atoms with Crippen molar-refractivity contribution in [3.8, 4) is 11.3 Å². The highest BCUT2D eigenvalue weighted by molar-refractivity contribution is 7.99. The molecule has 2 saturated heterocycles. The number of β-amino-alcohol motifs (C(OH)–C–C–N with tert-alkyl or cyclic N) is 1. The largest absolute Gasteiger partial charge is 0.417 e. The molecule has 1 aromatic heterocycles. The average molecular weight is 690 g/mol. The number of piperidine rings is 1. The van der Waals surface area contributed by atoms with E-state index in [1.54, 1.807) is 4.68 Å². The van der Waals surface area contributed by atoms with Crippen LogP contribution in [0.15, 0.2) is 23.1 Å². The number of aromatic nitrogens is 2. The van der Waals surface area contributed by atoms with E-state index in [1.165, 1.54) is 16.4 Å². The summed E-state index contributed by atoms with van der Waals surface area (Å²) >= 11 is 1.08. The van der Waals surface area contributed by atoms with E-state index in [2.05, 4.69) is 25.7 Å². The fourth-order valence-corrected chi connectivity index (χ4v) is 8.87. The van der Waals surface area contributed by atoms with Crippen molar-refractivity contribution in [1.82, 2.24) is 23.9 Å². The van der Waals surface area contributed by atoms with Gasteiger partial charge in [0.2, 0.25) is 10.0 Å². The van der Waals surface area contributed by atoms with Gasteiger partial charge in [-0.15, -0.1) is 11.8 Å². The number of alkyl halides is 4. The number of fused-ring (bicyclic) bond motifs is 1. The van der Waals surface area contributed by atoms with Gasteiger partial charge in [0.05, 0.1) is 30.2 Å². The lowest BCUT2D eigenvalue weighted by molar-refractivity contribution is -0.139. The number of aliphatic hydroxyl groups excluding tert-OH is 1. The van der Waals surface area contributed by atoms with Crippen LogP contribution in [0, 0.1) is 11.3 Å². The number of halogens is 4. The summed E-state index contributed by atoms with van der Waals surface area (Å²) in [7, 11) is -3.52. The van der Waals surface area contributed by atoms with Crippen molar-refractivity contribution in [1.29, 1.82) is 0 Å². The smallest absolute Gasteiger partial charge is 0.390 e. The standard InChI is InChI=1S/C32H47F4N5O3S2/c1-31(2,3)23-7-11-38(12-8-23)19-25(42)20-41-28-10-14-40(46(4,43)44)21-26(28)30(37-41)22-5-6-27(32(34,35)36)29(17-22)45-16-15-39-13-9-24(33)18-39/h5-6,17,23-25,42H,7-16,18-21H2,1-4H3/t24-,25-/m0/s1. The Bertz CT molecular complexity index is 1470. The number of aliphatic hydroxyl groups is 1. The van der Waals surface area contributed by atoms with Gasteiger partial charge in [0.15, 0.2) is 0 Å². The van der Waals surface area contributed by atoms with Crippen LogP contribution < -0.4 is 0 Å². The molecule has 0 saturated carbocycles. The van der Waals surface area contributed by atoms with Gasteiger partial charge in [0.1, 0.15) is 6.17 Å². The zero-order valence-electron chi connectivity index (χ0n) is 27.2. The number of thioether (sulfide) groups is 1. The second-order valence-corrected chi connectivity index (χ2v) is 17.3. The minimum absolute atomic E-state index is 0.0544. The van der Waals surface area contributed by atoms with Crippen LogP contribution in [0.25, 0.3) is 11.3 Å². The first-order chi connectivity index (χ1) is 21.5. The van der Waals surface area contributed by atoms with E-state index in [0.29, 0.717) is 67.5 Å². The van der Waals surface area contributed by atoms with Gasteiger partial charge < -0.3 is 10.0 Å². The van der Waals surface area contributed by atoms with Crippen LogP contribution in [0.2, 0.25) is 0 Å². The fourth-order valence-electron chi connectivity index (χ4n) is 6.97. The first-order valence-electron chi connectivity index (χ1n) is 16.1. The topological polar surface area (TPSA) is 81.9 Å². The maximum atomic E-state index is 14.0. The van der Waals surface area contributed by atoms with Crippen LogP contribution >= 0.6 is 11.8 Å². The highest BCUT2D eigenvalue weighted by Crippen LogP contribution is 2.40. The van der Waals surface area contributed by atoms with Gasteiger partial charge in [-0.2, -0.15) is 22.6 Å². The van der Waals surface area contributed by atoms with Gasteiger partial charge in [-0.3, -0.25) is 9.58 Å². The minimum atomic E-state index is -4.56. The number of hydrogen-bond donors (Lipinski definition) is 1. The summed E-state index contributed by atoms with van der Waals surface area (Å²) < 4.78 is 83.8. The van der Waals surface area contributed by atoms with Crippen molar-refractivity contribution in [2.24, 2.45) is 11.3 Å². The zero-order chi connectivity index (χ0) is 33.4. The molecule has 0 radical (unpaired) electrons. The lowest BCUT2D eigenvalue weighted by atomic mass is 9.75. The van der Waals surface area contributed by atoms with Crippen molar-refractivity contribution >= 4 is 21.8 Å². The van der Waals surface area contributed by atoms with Crippen LogP contribution in [0.3, 0.4) is 0 Å². The molecule has 4 heterocycles. The van der Waals surface area contributed by atoms with Crippen LogP contribution in [-0.4, -0.2) is 108 Å². The second kappa shape index (κ2) is 14.0. The van der Waals surface area contributed by atoms with Gasteiger partial charge in [-0.1, -0.05) is 26.8 Å². The summed E-state index contributed by atoms with van der Waals surface area (Å²) in [6.45, 7) is 11.0. The normalized spacial score (nSPS) is 22.0. The molecule has 1 aromatic carbocycles. The molecule has 258 valence electrons. The van der Waals surface area contributed by atoms with Gasteiger partial charge in [0.25, 0.3) is 0 Å². The van der Waals surface area contributed by atoms with E-state index in [9.17, 15) is 31.1 Å². The molecule has 0 bridgehead atoms. The first-order valence-corrected chi connectivity index (χ1v) is 19.0. The molecule has 0 spiro atoms. The number of rotatable bonds is 10. The van der Waals surface area contributed by atoms with E-state index >= 15 is 0 Å². The van der Waals surface area contributed by atoms with Crippen molar-refractivity contribution in [2.75, 3.05) is 57.8 Å². The first kappa shape index (κ1) is 35.6. The van der Waals surface area contributed by atoms with Crippen molar-refractivity contribution in [3.05, 3.63) is 35.0 Å². The fraction of sp³-hybridized carbons (Fsp3) is 0.719. The monoisotopic (exact) mass is 689 g/mol. The Hall–Kier alpha value is -1.71. The van der Waals surface area contributed by atoms with Crippen LogP contribution in [0.4, 0.5) is 17.6 Å². The summed E-state index contributed by atoms with van der Waals surface area (Å²) in [6, 6.07) is 3.94. The van der Waals surface area contributed by atoms with Gasteiger partial charge in [-0.25, -0.2) is 12.8 Å². The van der Waals surface area contributed by atoms with E-state index in [-0.39, 0.29) is 29.9 Å². The molecule has 0 aliphatic carbocycles. The number of benzene rings is 1. The highest BCUT2D eigenvalue weighted by atomic mass is 32.2. The third-order valence-electron chi connectivity index (χ3n) is 9.67. The molecule has 46 heavy (non-hydrogen) atoms. The lowest BCUT2D eigenvalue weighted by Gasteiger charge is -2.39. The van der Waals surface area contributed by atoms with Crippen molar-refractivity contribution < 1.29 is 31.1 Å². The summed E-state index contributed by atoms with van der Waals surface area (Å²) in [5.74, 6) is 1.00. The van der Waals surface area contributed by atoms with Crippen LogP contribution in [0.5, 0.6) is 0 Å². The third kappa shape index (κ3) is 8.65. The quantitative estimate of drug-likeness (QED) is 0.274. The van der Waals surface area contributed by atoms with Gasteiger partial charge >= 0.3 is 6.18 Å². The Labute approximate surface area is 274 Å². The minimum Gasteiger partial charge on any atom is -0.390 e. The highest BCUT2D eigenvalue weighted by Gasteiger charge is 2.36. The lowest BCUT2D eigenvalue weighted by Crippen LogP contribution is -2.42. The third-order valence-corrected chi connectivity index (χ3v) is 12.0. The molecular formula is C32H47F4N5O3S2. The number of likely N-dealkylation sites (tertiary alicyclic amines) is 2. The van der Waals surface area contributed by atoms with Gasteiger partial charge in [-0.05, 0) is 55.8 Å². The summed E-state index contributed by atoms with van der Waals surface area (Å²) in [4.78, 5) is 4.24. The molecule has 2 fully saturated rings. The zero-order valence-corrected chi connectivity index (χ0v) is 28.8. The molecule has 1 N–H and O–H groups in total. The van der Waals surface area contributed by atoms with E-state index in [4.69, 9.17) is 5.10 Å². The maximum Gasteiger partial charge on any atom is 0.417 e. The molecule has 14 heteroatoms. The van der Waals surface area contributed by atoms with Crippen molar-refractivity contribution in [3.63, 3.8) is 0 Å². The Kier molecular flexibility index (Phi) is 10.9. The average Bonchev–Trinajstić information content (AvgIpc) is 3.54. The summed E-state index contributed by atoms with van der Waals surface area (Å²) in [6.07, 6.45) is -2.06. The van der Waals surface area contributed by atoms with E-state index < -0.39 is 34.0 Å². The predicted octanol–water partition coefficient (Wildman–Crippen LogP) is 5.14. The summed E-state index contributed by atoms with van der Waals surface area (Å²) in [5, 5.41) is 16.0. The molecule has 5 rings (SSSR count). The molecule has 3 aliphatic heterocycles. The number of nitrogens with zero attached hydrogens (tertiary/aromatic N) is 5. The summed E-state index contributed by atoms with van der Waals surface area (Å²) in [5.41, 5.74) is 1.84. The van der Waals surface area contributed by atoms with Crippen LogP contribution in [0.1, 0.15) is 56.9 Å².